The molecule has 0 radical (unpaired) electrons. The van der Waals surface area contributed by atoms with Crippen molar-refractivity contribution in [2.45, 2.75) is 59.2 Å². The molecule has 5 nitrogen and oxygen atoms in total. The fraction of sp³-hybridized carbons (Fsp3) is 1.00. The second-order valence-electron chi connectivity index (χ2n) is 6.05. The molecule has 0 spiro atoms. The van der Waals surface area contributed by atoms with Crippen molar-refractivity contribution in [1.29, 1.82) is 0 Å². The molecule has 21 heavy (non-hydrogen) atoms. The lowest BCUT2D eigenvalue weighted by atomic mass is 10.2. The van der Waals surface area contributed by atoms with Gasteiger partial charge in [-0.15, -0.1) is 0 Å². The molecule has 0 aliphatic carbocycles. The third-order valence-electron chi connectivity index (χ3n) is 3.39. The number of hydrogen-bond acceptors (Lipinski definition) is 5. The maximum Gasteiger partial charge on any atom is 0.331 e. The van der Waals surface area contributed by atoms with Crippen LogP contribution in [-0.4, -0.2) is 38.4 Å². The van der Waals surface area contributed by atoms with E-state index < -0.39 is 13.4 Å². The van der Waals surface area contributed by atoms with Crippen LogP contribution in [0.25, 0.3) is 0 Å². The third kappa shape index (κ3) is 7.75. The lowest BCUT2D eigenvalue weighted by molar-refractivity contribution is -0.259. The molecule has 1 aliphatic heterocycles. The van der Waals surface area contributed by atoms with E-state index in [1.54, 1.807) is 0 Å². The Kier molecular flexibility index (Phi) is 8.43. The molecule has 0 aromatic rings. The second-order valence-corrected chi connectivity index (χ2v) is 8.16. The first-order valence-electron chi connectivity index (χ1n) is 8.07. The fourth-order valence-electron chi connectivity index (χ4n) is 1.99. The second kappa shape index (κ2) is 9.26. The molecule has 1 rings (SSSR count). The zero-order valence-corrected chi connectivity index (χ0v) is 14.8. The molecule has 126 valence electrons. The van der Waals surface area contributed by atoms with Gasteiger partial charge in [-0.2, -0.15) is 0 Å². The van der Waals surface area contributed by atoms with Crippen molar-refractivity contribution in [3.63, 3.8) is 0 Å². The number of ether oxygens (including phenoxy) is 2. The maximum atomic E-state index is 12.8. The van der Waals surface area contributed by atoms with Crippen molar-refractivity contribution in [3.05, 3.63) is 0 Å². The highest BCUT2D eigenvalue weighted by Gasteiger charge is 2.35. The summed E-state index contributed by atoms with van der Waals surface area (Å²) in [6.45, 7) is 9.97. The van der Waals surface area contributed by atoms with Crippen molar-refractivity contribution >= 4 is 7.60 Å². The van der Waals surface area contributed by atoms with Gasteiger partial charge in [-0.05, 0) is 26.7 Å². The van der Waals surface area contributed by atoms with Crippen molar-refractivity contribution in [3.8, 4) is 0 Å². The Morgan fingerprint density at radius 2 is 1.52 bits per heavy atom. The van der Waals surface area contributed by atoms with Crippen LogP contribution in [0.1, 0.15) is 53.4 Å². The lowest BCUT2D eigenvalue weighted by Gasteiger charge is -2.35. The van der Waals surface area contributed by atoms with Gasteiger partial charge < -0.3 is 18.5 Å². The molecule has 1 heterocycles. The Labute approximate surface area is 129 Å². The van der Waals surface area contributed by atoms with Gasteiger partial charge in [0.05, 0.1) is 32.6 Å². The number of hydrogen-bond donors (Lipinski definition) is 0. The van der Waals surface area contributed by atoms with Crippen LogP contribution in [0.2, 0.25) is 0 Å². The Morgan fingerprint density at radius 1 is 1.05 bits per heavy atom. The zero-order valence-electron chi connectivity index (χ0n) is 13.9. The van der Waals surface area contributed by atoms with Gasteiger partial charge >= 0.3 is 7.60 Å². The van der Waals surface area contributed by atoms with E-state index in [-0.39, 0.29) is 5.92 Å². The molecule has 6 heteroatoms. The summed E-state index contributed by atoms with van der Waals surface area (Å²) in [5, 5.41) is 0. The normalized spacial score (nSPS) is 19.8. The van der Waals surface area contributed by atoms with Crippen molar-refractivity contribution in [1.82, 2.24) is 0 Å². The zero-order chi connectivity index (χ0) is 15.8. The van der Waals surface area contributed by atoms with Gasteiger partial charge in [0.15, 0.2) is 5.79 Å². The minimum absolute atomic E-state index is 0.0621. The summed E-state index contributed by atoms with van der Waals surface area (Å²) in [5.74, 6) is -0.487. The van der Waals surface area contributed by atoms with E-state index in [9.17, 15) is 4.57 Å². The Balaban J connectivity index is 2.49. The highest BCUT2D eigenvalue weighted by atomic mass is 31.2. The van der Waals surface area contributed by atoms with Gasteiger partial charge in [-0.25, -0.2) is 0 Å². The molecule has 0 aromatic heterocycles. The van der Waals surface area contributed by atoms with E-state index in [0.29, 0.717) is 32.6 Å². The highest BCUT2D eigenvalue weighted by Crippen LogP contribution is 2.50. The average Bonchev–Trinajstić information content (AvgIpc) is 2.42. The van der Waals surface area contributed by atoms with Crippen LogP contribution < -0.4 is 0 Å². The van der Waals surface area contributed by atoms with E-state index in [4.69, 9.17) is 18.5 Å². The molecule has 1 aliphatic rings. The van der Waals surface area contributed by atoms with E-state index in [1.807, 2.05) is 13.8 Å². The molecule has 0 bridgehead atoms. The summed E-state index contributed by atoms with van der Waals surface area (Å²) in [6.07, 6.45) is 4.19. The van der Waals surface area contributed by atoms with Crippen LogP contribution in [-0.2, 0) is 23.1 Å². The van der Waals surface area contributed by atoms with E-state index in [1.165, 1.54) is 0 Å². The standard InChI is InChI=1S/C15H31O5P/c1-5-7-9-19-21(16,20-10-8-6-2)13-14-11-17-15(3,4)18-12-14/h14H,5-13H2,1-4H3. The molecule has 1 saturated heterocycles. The minimum atomic E-state index is -3.05. The van der Waals surface area contributed by atoms with Crippen LogP contribution in [0.4, 0.5) is 0 Å². The first-order chi connectivity index (χ1) is 9.91. The molecule has 0 aromatic carbocycles. The number of rotatable bonds is 10. The minimum Gasteiger partial charge on any atom is -0.350 e. The molecular formula is C15H31O5P. The third-order valence-corrected chi connectivity index (χ3v) is 5.50. The predicted molar refractivity (Wildman–Crippen MR) is 83.7 cm³/mol. The summed E-state index contributed by atoms with van der Waals surface area (Å²) in [6, 6.07) is 0. The van der Waals surface area contributed by atoms with E-state index in [2.05, 4.69) is 13.8 Å². The van der Waals surface area contributed by atoms with Crippen LogP contribution in [0.3, 0.4) is 0 Å². The molecule has 0 amide bonds. The summed E-state index contributed by atoms with van der Waals surface area (Å²) < 4.78 is 35.3. The predicted octanol–water partition coefficient (Wildman–Crippen LogP) is 4.21. The van der Waals surface area contributed by atoms with E-state index >= 15 is 0 Å². The maximum absolute atomic E-state index is 12.8. The van der Waals surface area contributed by atoms with Crippen molar-refractivity contribution in [2.24, 2.45) is 5.92 Å². The van der Waals surface area contributed by atoms with Crippen LogP contribution in [0, 0.1) is 5.92 Å². The highest BCUT2D eigenvalue weighted by molar-refractivity contribution is 7.53. The molecule has 0 saturated carbocycles. The average molecular weight is 322 g/mol. The monoisotopic (exact) mass is 322 g/mol. The van der Waals surface area contributed by atoms with E-state index in [0.717, 1.165) is 25.7 Å². The molecule has 0 atom stereocenters. The molecule has 0 N–H and O–H groups in total. The van der Waals surface area contributed by atoms with Gasteiger partial charge in [-0.1, -0.05) is 26.7 Å². The first-order valence-corrected chi connectivity index (χ1v) is 9.79. The number of unbranched alkanes of at least 4 members (excludes halogenated alkanes) is 2. The molecular weight excluding hydrogens is 291 g/mol. The van der Waals surface area contributed by atoms with Gasteiger partial charge in [-0.3, -0.25) is 4.57 Å². The largest absolute Gasteiger partial charge is 0.350 e. The smallest absolute Gasteiger partial charge is 0.331 e. The Morgan fingerprint density at radius 3 is 1.95 bits per heavy atom. The van der Waals surface area contributed by atoms with Crippen molar-refractivity contribution in [2.75, 3.05) is 32.6 Å². The van der Waals surface area contributed by atoms with Crippen LogP contribution >= 0.6 is 7.60 Å². The quantitative estimate of drug-likeness (QED) is 0.445. The summed E-state index contributed by atoms with van der Waals surface area (Å²) in [7, 11) is -3.05. The topological polar surface area (TPSA) is 54.0 Å². The van der Waals surface area contributed by atoms with Gasteiger partial charge in [0, 0.05) is 5.92 Å². The first kappa shape index (κ1) is 19.1. The summed E-state index contributed by atoms with van der Waals surface area (Å²) >= 11 is 0. The summed E-state index contributed by atoms with van der Waals surface area (Å²) in [4.78, 5) is 0. The van der Waals surface area contributed by atoms with Crippen molar-refractivity contribution < 1.29 is 23.1 Å². The van der Waals surface area contributed by atoms with Crippen LogP contribution in [0.5, 0.6) is 0 Å². The molecule has 0 unspecified atom stereocenters. The van der Waals surface area contributed by atoms with Gasteiger partial charge in [0.1, 0.15) is 0 Å². The fourth-order valence-corrected chi connectivity index (χ4v) is 3.93. The van der Waals surface area contributed by atoms with Gasteiger partial charge in [0.25, 0.3) is 0 Å². The van der Waals surface area contributed by atoms with Gasteiger partial charge in [0.2, 0.25) is 0 Å². The Hall–Kier alpha value is 0.0700. The lowest BCUT2D eigenvalue weighted by Crippen LogP contribution is -2.40. The van der Waals surface area contributed by atoms with Crippen LogP contribution in [0.15, 0.2) is 0 Å². The molecule has 1 fully saturated rings. The SMILES string of the molecule is CCCCOP(=O)(CC1COC(C)(C)OC1)OCCCC. The Bertz CT molecular complexity index is 308. The summed E-state index contributed by atoms with van der Waals surface area (Å²) in [5.41, 5.74) is 0.